The summed E-state index contributed by atoms with van der Waals surface area (Å²) < 4.78 is 13.1. The molecule has 120 valence electrons. The third-order valence-electron chi connectivity index (χ3n) is 4.28. The topological polar surface area (TPSA) is 32.7 Å². The summed E-state index contributed by atoms with van der Waals surface area (Å²) in [6.07, 6.45) is 9.46. The minimum Gasteiger partial charge on any atom is -0.301 e. The molecule has 1 rings (SSSR count). The third-order valence-corrected chi connectivity index (χ3v) is 6.87. The first kappa shape index (κ1) is 18.2. The van der Waals surface area contributed by atoms with Gasteiger partial charge in [0.15, 0.2) is 0 Å². The molecule has 21 heavy (non-hydrogen) atoms. The van der Waals surface area contributed by atoms with Gasteiger partial charge in [-0.15, -0.1) is 0 Å². The van der Waals surface area contributed by atoms with Crippen LogP contribution in [0.3, 0.4) is 0 Å². The van der Waals surface area contributed by atoms with Gasteiger partial charge in [-0.2, -0.15) is 0 Å². The Kier molecular flexibility index (Phi) is 7.40. The molecule has 2 unspecified atom stereocenters. The van der Waals surface area contributed by atoms with Crippen LogP contribution in [-0.2, 0) is 9.52 Å². The summed E-state index contributed by atoms with van der Waals surface area (Å²) in [6, 6.07) is 0.622. The molecular weight excluding hydrogens is 280 g/mol. The van der Waals surface area contributed by atoms with E-state index < -0.39 is 9.52 Å². The van der Waals surface area contributed by atoms with Crippen LogP contribution in [0.5, 0.6) is 0 Å². The normalized spacial score (nSPS) is 23.1. The number of allylic oxidation sites excluding steroid dienone is 3. The zero-order valence-electron chi connectivity index (χ0n) is 13.8. The van der Waals surface area contributed by atoms with E-state index >= 15 is 0 Å². The second kappa shape index (κ2) is 8.54. The van der Waals surface area contributed by atoms with E-state index in [1.54, 1.807) is 25.4 Å². The lowest BCUT2D eigenvalue weighted by molar-refractivity contribution is 0.168. The highest BCUT2D eigenvalue weighted by molar-refractivity contribution is 8.05. The van der Waals surface area contributed by atoms with Crippen molar-refractivity contribution in [1.29, 1.82) is 0 Å². The molecular formula is C17H30N2OS. The summed E-state index contributed by atoms with van der Waals surface area (Å²) in [5, 5.41) is 0.145. The Morgan fingerprint density at radius 3 is 2.57 bits per heavy atom. The van der Waals surface area contributed by atoms with Gasteiger partial charge in [0.05, 0.1) is 0 Å². The molecule has 2 atom stereocenters. The van der Waals surface area contributed by atoms with E-state index in [0.29, 0.717) is 6.04 Å². The van der Waals surface area contributed by atoms with Crippen LogP contribution in [0.25, 0.3) is 0 Å². The minimum absolute atomic E-state index is 0.145. The number of aliphatic imine (C=N–C) groups is 1. The second-order valence-corrected chi connectivity index (χ2v) is 8.38. The molecule has 0 bridgehead atoms. The van der Waals surface area contributed by atoms with Gasteiger partial charge in [0.2, 0.25) is 0 Å². The van der Waals surface area contributed by atoms with Crippen LogP contribution < -0.4 is 0 Å². The van der Waals surface area contributed by atoms with Crippen molar-refractivity contribution >= 4 is 21.6 Å². The lowest BCUT2D eigenvalue weighted by Gasteiger charge is -2.37. The largest absolute Gasteiger partial charge is 0.301 e. The first-order chi connectivity index (χ1) is 9.97. The highest BCUT2D eigenvalue weighted by Crippen LogP contribution is 2.25. The Morgan fingerprint density at radius 2 is 2.10 bits per heavy atom. The molecule has 4 heteroatoms. The molecule has 3 nitrogen and oxygen atoms in total. The second-order valence-electron chi connectivity index (χ2n) is 5.79. The molecule has 0 spiro atoms. The maximum Gasteiger partial charge on any atom is 0.0485 e. The smallest absolute Gasteiger partial charge is 0.0485 e. The number of hydrogen-bond acceptors (Lipinski definition) is 3. The van der Waals surface area contributed by atoms with Crippen molar-refractivity contribution in [2.75, 3.05) is 20.1 Å². The summed E-state index contributed by atoms with van der Waals surface area (Å²) in [6.45, 7) is 10.2. The van der Waals surface area contributed by atoms with Crippen molar-refractivity contribution in [2.24, 2.45) is 4.99 Å². The fraction of sp³-hybridized carbons (Fsp3) is 0.647. The highest BCUT2D eigenvalue weighted by atomic mass is 32.2. The van der Waals surface area contributed by atoms with Crippen LogP contribution in [0.2, 0.25) is 0 Å². The van der Waals surface area contributed by atoms with Crippen LogP contribution in [0.1, 0.15) is 39.5 Å². The van der Waals surface area contributed by atoms with Crippen LogP contribution in [0.4, 0.5) is 0 Å². The minimum atomic E-state index is -2.30. The zero-order valence-corrected chi connectivity index (χ0v) is 14.6. The van der Waals surface area contributed by atoms with Gasteiger partial charge in [-0.05, 0) is 51.2 Å². The van der Waals surface area contributed by atoms with Crippen molar-refractivity contribution in [1.82, 2.24) is 4.90 Å². The standard InChI is InChI=1S/C17H30N2OS/c1-6-8-15(3)19-12-10-16(11-13-19)21(5,20)17(9-7-2)14-18-4/h7,9,14-16H,2,5-6,8,10-13H2,1,3-4H3/b17-9+,18-14?. The van der Waals surface area contributed by atoms with Crippen molar-refractivity contribution < 1.29 is 4.21 Å². The maximum atomic E-state index is 13.1. The molecule has 0 saturated carbocycles. The Morgan fingerprint density at radius 1 is 1.48 bits per heavy atom. The quantitative estimate of drug-likeness (QED) is 0.411. The summed E-state index contributed by atoms with van der Waals surface area (Å²) in [7, 11) is -0.600. The molecule has 1 aliphatic rings. The SMILES string of the molecule is C=C/C=C(\C=NC)S(=C)(=O)C1CCN(C(C)CCC)CC1. The molecule has 1 heterocycles. The fourth-order valence-corrected chi connectivity index (χ4v) is 4.95. The molecule has 1 saturated heterocycles. The van der Waals surface area contributed by atoms with Gasteiger partial charge in [-0.1, -0.05) is 26.0 Å². The van der Waals surface area contributed by atoms with E-state index in [9.17, 15) is 4.21 Å². The summed E-state index contributed by atoms with van der Waals surface area (Å²) in [5.74, 6) is 4.04. The Bertz CT molecular complexity index is 483. The predicted molar refractivity (Wildman–Crippen MR) is 96.9 cm³/mol. The first-order valence-electron chi connectivity index (χ1n) is 7.82. The molecule has 0 aromatic rings. The van der Waals surface area contributed by atoms with Crippen molar-refractivity contribution in [2.45, 2.75) is 50.8 Å². The van der Waals surface area contributed by atoms with Crippen LogP contribution in [-0.4, -0.2) is 52.6 Å². The van der Waals surface area contributed by atoms with E-state index in [4.69, 9.17) is 0 Å². The van der Waals surface area contributed by atoms with Crippen molar-refractivity contribution in [3.05, 3.63) is 23.6 Å². The zero-order chi connectivity index (χ0) is 15.9. The van der Waals surface area contributed by atoms with Crippen LogP contribution in [0, 0.1) is 0 Å². The van der Waals surface area contributed by atoms with E-state index in [0.717, 1.165) is 30.8 Å². The summed E-state index contributed by atoms with van der Waals surface area (Å²) >= 11 is 0. The van der Waals surface area contributed by atoms with Gasteiger partial charge in [0, 0.05) is 39.0 Å². The van der Waals surface area contributed by atoms with E-state index in [-0.39, 0.29) is 5.25 Å². The fourth-order valence-electron chi connectivity index (χ4n) is 2.98. The average Bonchev–Trinajstić information content (AvgIpc) is 2.47. The average molecular weight is 311 g/mol. The Balaban J connectivity index is 2.76. The Labute approximate surface area is 130 Å². The molecule has 0 radical (unpaired) electrons. The van der Waals surface area contributed by atoms with Crippen LogP contribution in [0.15, 0.2) is 28.6 Å². The van der Waals surface area contributed by atoms with Crippen molar-refractivity contribution in [3.8, 4) is 0 Å². The van der Waals surface area contributed by atoms with Gasteiger partial charge in [0.25, 0.3) is 0 Å². The molecule has 0 amide bonds. The summed E-state index contributed by atoms with van der Waals surface area (Å²) in [5.41, 5.74) is 0. The first-order valence-corrected chi connectivity index (χ1v) is 9.61. The van der Waals surface area contributed by atoms with E-state index in [1.165, 1.54) is 12.8 Å². The molecule has 0 aliphatic carbocycles. The number of nitrogens with zero attached hydrogens (tertiary/aromatic N) is 2. The van der Waals surface area contributed by atoms with Crippen LogP contribution >= 0.6 is 0 Å². The molecule has 0 aromatic carbocycles. The van der Waals surface area contributed by atoms with E-state index in [1.807, 2.05) is 0 Å². The number of rotatable bonds is 7. The van der Waals surface area contributed by atoms with Crippen molar-refractivity contribution in [3.63, 3.8) is 0 Å². The Hall–Kier alpha value is -0.870. The van der Waals surface area contributed by atoms with E-state index in [2.05, 4.69) is 36.2 Å². The number of likely N-dealkylation sites (tertiary alicyclic amines) is 1. The van der Waals surface area contributed by atoms with Gasteiger partial charge in [-0.25, -0.2) is 0 Å². The summed E-state index contributed by atoms with van der Waals surface area (Å²) in [4.78, 5) is 7.25. The molecule has 1 fully saturated rings. The lowest BCUT2D eigenvalue weighted by atomic mass is 10.1. The lowest BCUT2D eigenvalue weighted by Crippen LogP contribution is -2.43. The predicted octanol–water partition coefficient (Wildman–Crippen LogP) is 3.13. The van der Waals surface area contributed by atoms with Gasteiger partial charge in [-0.3, -0.25) is 9.20 Å². The number of piperidine rings is 1. The maximum absolute atomic E-state index is 13.1. The monoisotopic (exact) mass is 310 g/mol. The van der Waals surface area contributed by atoms with Gasteiger partial charge >= 0.3 is 0 Å². The molecule has 0 N–H and O–H groups in total. The van der Waals surface area contributed by atoms with Gasteiger partial charge < -0.3 is 4.90 Å². The third kappa shape index (κ3) is 4.82. The molecule has 1 aliphatic heterocycles. The molecule has 0 aromatic heterocycles. The number of hydrogen-bond donors (Lipinski definition) is 0. The van der Waals surface area contributed by atoms with Gasteiger partial charge in [0.1, 0.15) is 0 Å². The highest BCUT2D eigenvalue weighted by Gasteiger charge is 2.29.